The Labute approximate surface area is 84.5 Å². The van der Waals surface area contributed by atoms with Crippen molar-refractivity contribution in [2.75, 3.05) is 7.05 Å². The Morgan fingerprint density at radius 1 is 1.46 bits per heavy atom. The van der Waals surface area contributed by atoms with Crippen LogP contribution in [-0.2, 0) is 6.54 Å². The number of thiazole rings is 2. The van der Waals surface area contributed by atoms with Gasteiger partial charge in [-0.05, 0) is 7.05 Å². The number of hydrogen-bond acceptors (Lipinski definition) is 5. The maximum Gasteiger partial charge on any atom is 0.135 e. The minimum absolute atomic E-state index is 0.885. The average Bonchev–Trinajstić information content (AvgIpc) is 2.70. The van der Waals surface area contributed by atoms with E-state index in [1.54, 1.807) is 22.7 Å². The van der Waals surface area contributed by atoms with Gasteiger partial charge >= 0.3 is 0 Å². The molecule has 5 heteroatoms. The van der Waals surface area contributed by atoms with Gasteiger partial charge in [0.05, 0.1) is 10.4 Å². The quantitative estimate of drug-likeness (QED) is 0.843. The summed E-state index contributed by atoms with van der Waals surface area (Å²) in [5.74, 6) is 0. The molecule has 0 aliphatic carbocycles. The van der Waals surface area contributed by atoms with E-state index in [4.69, 9.17) is 0 Å². The topological polar surface area (TPSA) is 37.8 Å². The zero-order valence-electron chi connectivity index (χ0n) is 7.15. The van der Waals surface area contributed by atoms with Crippen LogP contribution < -0.4 is 5.32 Å². The highest BCUT2D eigenvalue weighted by molar-refractivity contribution is 7.20. The Kier molecular flexibility index (Phi) is 2.68. The number of hydrogen-bond donors (Lipinski definition) is 1. The van der Waals surface area contributed by atoms with Crippen molar-refractivity contribution in [1.82, 2.24) is 15.3 Å². The van der Waals surface area contributed by atoms with Crippen LogP contribution in [0.2, 0.25) is 0 Å². The van der Waals surface area contributed by atoms with E-state index in [9.17, 15) is 0 Å². The van der Waals surface area contributed by atoms with Crippen LogP contribution in [0.4, 0.5) is 0 Å². The fourth-order valence-electron chi connectivity index (χ4n) is 0.999. The first-order chi connectivity index (χ1) is 6.40. The molecule has 0 fully saturated rings. The van der Waals surface area contributed by atoms with Crippen LogP contribution in [0.1, 0.15) is 4.88 Å². The first kappa shape index (κ1) is 8.80. The molecule has 0 bridgehead atoms. The maximum atomic E-state index is 4.33. The summed E-state index contributed by atoms with van der Waals surface area (Å²) in [7, 11) is 1.94. The molecule has 0 radical (unpaired) electrons. The van der Waals surface area contributed by atoms with Crippen LogP contribution in [0.15, 0.2) is 17.9 Å². The first-order valence-corrected chi connectivity index (χ1v) is 5.58. The second-order valence-electron chi connectivity index (χ2n) is 2.53. The van der Waals surface area contributed by atoms with E-state index in [0.29, 0.717) is 0 Å². The third-order valence-corrected chi connectivity index (χ3v) is 3.49. The third kappa shape index (κ3) is 1.93. The van der Waals surface area contributed by atoms with Gasteiger partial charge in [-0.1, -0.05) is 0 Å². The molecule has 0 aliphatic rings. The van der Waals surface area contributed by atoms with Crippen molar-refractivity contribution < 1.29 is 0 Å². The van der Waals surface area contributed by atoms with E-state index in [0.717, 1.165) is 16.4 Å². The van der Waals surface area contributed by atoms with E-state index in [2.05, 4.69) is 15.3 Å². The van der Waals surface area contributed by atoms with E-state index in [1.807, 2.05) is 25.0 Å². The first-order valence-electron chi connectivity index (χ1n) is 3.88. The summed E-state index contributed by atoms with van der Waals surface area (Å²) in [5, 5.41) is 4.16. The summed E-state index contributed by atoms with van der Waals surface area (Å²) >= 11 is 3.34. The predicted molar refractivity (Wildman–Crippen MR) is 56.0 cm³/mol. The summed E-state index contributed by atoms with van der Waals surface area (Å²) in [6.45, 7) is 0.885. The molecule has 3 nitrogen and oxygen atoms in total. The second kappa shape index (κ2) is 3.95. The highest BCUT2D eigenvalue weighted by Gasteiger charge is 2.04. The van der Waals surface area contributed by atoms with Crippen molar-refractivity contribution in [3.8, 4) is 9.88 Å². The molecule has 2 rings (SSSR count). The predicted octanol–water partition coefficient (Wildman–Crippen LogP) is 1.99. The SMILES string of the molecule is CNCc1cnc(-c2cncs2)s1. The zero-order valence-corrected chi connectivity index (χ0v) is 8.78. The van der Waals surface area contributed by atoms with Crippen molar-refractivity contribution in [3.63, 3.8) is 0 Å². The van der Waals surface area contributed by atoms with Gasteiger partial charge in [0.15, 0.2) is 0 Å². The number of rotatable bonds is 3. The minimum Gasteiger partial charge on any atom is -0.315 e. The Morgan fingerprint density at radius 2 is 2.38 bits per heavy atom. The molecule has 2 aromatic rings. The van der Waals surface area contributed by atoms with Crippen molar-refractivity contribution >= 4 is 22.7 Å². The molecular formula is C8H9N3S2. The molecule has 0 saturated heterocycles. The highest BCUT2D eigenvalue weighted by Crippen LogP contribution is 2.27. The molecule has 0 saturated carbocycles. The van der Waals surface area contributed by atoms with Gasteiger partial charge in [-0.3, -0.25) is 4.98 Å². The van der Waals surface area contributed by atoms with Crippen molar-refractivity contribution in [3.05, 3.63) is 22.8 Å². The molecule has 0 atom stereocenters. The van der Waals surface area contributed by atoms with Gasteiger partial charge in [-0.15, -0.1) is 22.7 Å². The van der Waals surface area contributed by atoms with E-state index >= 15 is 0 Å². The molecular weight excluding hydrogens is 202 g/mol. The van der Waals surface area contributed by atoms with Crippen molar-refractivity contribution in [2.24, 2.45) is 0 Å². The van der Waals surface area contributed by atoms with Crippen molar-refractivity contribution in [2.45, 2.75) is 6.54 Å². The van der Waals surface area contributed by atoms with Crippen LogP contribution in [0.25, 0.3) is 9.88 Å². The molecule has 0 amide bonds. The van der Waals surface area contributed by atoms with Gasteiger partial charge in [-0.2, -0.15) is 0 Å². The second-order valence-corrected chi connectivity index (χ2v) is 4.53. The molecule has 2 aromatic heterocycles. The van der Waals surface area contributed by atoms with Crippen LogP contribution in [0.5, 0.6) is 0 Å². The molecule has 0 aromatic carbocycles. The summed E-state index contributed by atoms with van der Waals surface area (Å²) in [6.07, 6.45) is 3.77. The summed E-state index contributed by atoms with van der Waals surface area (Å²) < 4.78 is 0. The average molecular weight is 211 g/mol. The van der Waals surface area contributed by atoms with E-state index in [-0.39, 0.29) is 0 Å². The van der Waals surface area contributed by atoms with Gasteiger partial charge in [-0.25, -0.2) is 4.98 Å². The molecule has 13 heavy (non-hydrogen) atoms. The van der Waals surface area contributed by atoms with Gasteiger partial charge in [0, 0.05) is 23.8 Å². The molecule has 0 aliphatic heterocycles. The Bertz CT molecular complexity index is 366. The lowest BCUT2D eigenvalue weighted by Gasteiger charge is -1.89. The Hall–Kier alpha value is -0.780. The summed E-state index contributed by atoms with van der Waals surface area (Å²) in [4.78, 5) is 10.8. The number of aromatic nitrogens is 2. The Morgan fingerprint density at radius 3 is 3.08 bits per heavy atom. The lowest BCUT2D eigenvalue weighted by molar-refractivity contribution is 0.829. The standard InChI is InChI=1S/C8H9N3S2/c1-9-2-6-3-11-8(13-6)7-4-10-5-12-7/h3-5,9H,2H2,1H3. The number of nitrogens with zero attached hydrogens (tertiary/aromatic N) is 2. The molecule has 2 heterocycles. The molecule has 0 unspecified atom stereocenters. The molecule has 0 spiro atoms. The molecule has 1 N–H and O–H groups in total. The van der Waals surface area contributed by atoms with E-state index in [1.165, 1.54) is 4.88 Å². The Balaban J connectivity index is 2.23. The normalized spacial score (nSPS) is 10.5. The fourth-order valence-corrected chi connectivity index (χ4v) is 2.61. The largest absolute Gasteiger partial charge is 0.315 e. The van der Waals surface area contributed by atoms with Crippen LogP contribution in [0.3, 0.4) is 0 Å². The summed E-state index contributed by atoms with van der Waals surface area (Å²) in [5.41, 5.74) is 1.83. The van der Waals surface area contributed by atoms with Crippen LogP contribution in [0, 0.1) is 0 Å². The monoisotopic (exact) mass is 211 g/mol. The third-order valence-electron chi connectivity index (χ3n) is 1.55. The van der Waals surface area contributed by atoms with Gasteiger partial charge in [0.25, 0.3) is 0 Å². The lowest BCUT2D eigenvalue weighted by atomic mass is 10.5. The van der Waals surface area contributed by atoms with Crippen molar-refractivity contribution in [1.29, 1.82) is 0 Å². The smallest absolute Gasteiger partial charge is 0.135 e. The minimum atomic E-state index is 0.885. The maximum absolute atomic E-state index is 4.33. The summed E-state index contributed by atoms with van der Waals surface area (Å²) in [6, 6.07) is 0. The fraction of sp³-hybridized carbons (Fsp3) is 0.250. The van der Waals surface area contributed by atoms with Crippen LogP contribution in [-0.4, -0.2) is 17.0 Å². The van der Waals surface area contributed by atoms with Gasteiger partial charge in [0.1, 0.15) is 5.01 Å². The van der Waals surface area contributed by atoms with Gasteiger partial charge in [0.2, 0.25) is 0 Å². The zero-order chi connectivity index (χ0) is 9.10. The lowest BCUT2D eigenvalue weighted by Crippen LogP contribution is -2.02. The van der Waals surface area contributed by atoms with Crippen LogP contribution >= 0.6 is 22.7 Å². The van der Waals surface area contributed by atoms with E-state index < -0.39 is 0 Å². The number of nitrogens with one attached hydrogen (secondary N) is 1. The highest BCUT2D eigenvalue weighted by atomic mass is 32.1. The van der Waals surface area contributed by atoms with Gasteiger partial charge < -0.3 is 5.32 Å². The molecule has 68 valence electrons.